The van der Waals surface area contributed by atoms with E-state index in [1.807, 2.05) is 22.9 Å². The lowest BCUT2D eigenvalue weighted by Crippen LogP contribution is -2.08. The molecule has 3 aromatic carbocycles. The summed E-state index contributed by atoms with van der Waals surface area (Å²) in [6.45, 7) is 2.79. The minimum absolute atomic E-state index is 0.0269. The predicted octanol–water partition coefficient (Wildman–Crippen LogP) is 6.08. The molecule has 4 aromatic rings. The van der Waals surface area contributed by atoms with Crippen molar-refractivity contribution in [2.24, 2.45) is 0 Å². The number of nitrogens with zero attached hydrogens (tertiary/aromatic N) is 2. The Morgan fingerprint density at radius 3 is 2.47 bits per heavy atom. The van der Waals surface area contributed by atoms with Crippen molar-refractivity contribution in [1.29, 1.82) is 0 Å². The molecule has 11 nitrogen and oxygen atoms in total. The molecule has 0 atom stereocenters. The van der Waals surface area contributed by atoms with Crippen molar-refractivity contribution < 1.29 is 43.5 Å². The fourth-order valence-electron chi connectivity index (χ4n) is 5.12. The highest BCUT2D eigenvalue weighted by molar-refractivity contribution is 5.94. The van der Waals surface area contributed by atoms with Gasteiger partial charge in [-0.2, -0.15) is 5.10 Å². The van der Waals surface area contributed by atoms with Crippen molar-refractivity contribution in [3.8, 4) is 40.0 Å². The smallest absolute Gasteiger partial charge is 0.339 e. The van der Waals surface area contributed by atoms with Crippen LogP contribution in [0.1, 0.15) is 46.8 Å². The van der Waals surface area contributed by atoms with Gasteiger partial charge in [0.15, 0.2) is 11.5 Å². The second kappa shape index (κ2) is 13.9. The van der Waals surface area contributed by atoms with Crippen molar-refractivity contribution in [1.82, 2.24) is 9.78 Å². The van der Waals surface area contributed by atoms with Crippen LogP contribution in [0.4, 0.5) is 0 Å². The Morgan fingerprint density at radius 2 is 1.76 bits per heavy atom. The van der Waals surface area contributed by atoms with Crippen molar-refractivity contribution in [3.05, 3.63) is 88.6 Å². The molecule has 0 aliphatic carbocycles. The van der Waals surface area contributed by atoms with E-state index in [0.717, 1.165) is 18.4 Å². The van der Waals surface area contributed by atoms with Crippen molar-refractivity contribution in [2.45, 2.75) is 39.3 Å². The fourth-order valence-corrected chi connectivity index (χ4v) is 5.12. The van der Waals surface area contributed by atoms with Crippen LogP contribution >= 0.6 is 0 Å². The highest BCUT2D eigenvalue weighted by atomic mass is 16.7. The van der Waals surface area contributed by atoms with Gasteiger partial charge in [-0.15, -0.1) is 0 Å². The molecule has 0 saturated carbocycles. The molecule has 0 fully saturated rings. The third-order valence-corrected chi connectivity index (χ3v) is 7.42. The predicted molar refractivity (Wildman–Crippen MR) is 165 cm³/mol. The van der Waals surface area contributed by atoms with Gasteiger partial charge in [-0.3, -0.25) is 4.68 Å². The lowest BCUT2D eigenvalue weighted by atomic mass is 9.97. The molecule has 45 heavy (non-hydrogen) atoms. The Hall–Kier alpha value is -5.45. The molecule has 1 aliphatic rings. The van der Waals surface area contributed by atoms with Gasteiger partial charge in [0.2, 0.25) is 6.79 Å². The van der Waals surface area contributed by atoms with Gasteiger partial charge in [-0.05, 0) is 48.9 Å². The molecule has 0 bridgehead atoms. The number of carboxylic acid groups (broad SMARTS) is 2. The summed E-state index contributed by atoms with van der Waals surface area (Å²) in [6, 6.07) is 15.4. The first kappa shape index (κ1) is 31.0. The minimum atomic E-state index is -1.10. The molecule has 0 amide bonds. The van der Waals surface area contributed by atoms with E-state index in [1.54, 1.807) is 49.7 Å². The molecule has 0 spiro atoms. The topological polar surface area (TPSA) is 139 Å². The number of aryl methyl sites for hydroxylation is 1. The summed E-state index contributed by atoms with van der Waals surface area (Å²) in [5.41, 5.74) is 3.54. The average Bonchev–Trinajstić information content (AvgIpc) is 3.68. The molecule has 1 aromatic heterocycles. The van der Waals surface area contributed by atoms with Crippen LogP contribution in [0.15, 0.2) is 66.4 Å². The van der Waals surface area contributed by atoms with E-state index in [0.29, 0.717) is 51.9 Å². The zero-order valence-corrected chi connectivity index (χ0v) is 25.2. The molecule has 11 heteroatoms. The van der Waals surface area contributed by atoms with Crippen LogP contribution in [0.25, 0.3) is 17.3 Å². The maximum atomic E-state index is 12.6. The zero-order chi connectivity index (χ0) is 31.9. The van der Waals surface area contributed by atoms with Crippen LogP contribution in [0.3, 0.4) is 0 Å². The second-order valence-electron chi connectivity index (χ2n) is 10.3. The third-order valence-electron chi connectivity index (χ3n) is 7.42. The van der Waals surface area contributed by atoms with E-state index in [2.05, 4.69) is 12.0 Å². The summed E-state index contributed by atoms with van der Waals surface area (Å²) in [6.07, 6.45) is 5.11. The van der Waals surface area contributed by atoms with Gasteiger partial charge in [-0.25, -0.2) is 9.59 Å². The number of aromatic carboxylic acids is 1. The Bertz CT molecular complexity index is 1740. The zero-order valence-electron chi connectivity index (χ0n) is 25.2. The number of hydrogen-bond donors (Lipinski definition) is 2. The number of unbranched alkanes of at least 4 members (excludes halogenated alkanes) is 1. The van der Waals surface area contributed by atoms with E-state index in [1.165, 1.54) is 13.2 Å². The van der Waals surface area contributed by atoms with E-state index < -0.39 is 11.9 Å². The Morgan fingerprint density at radius 1 is 0.978 bits per heavy atom. The van der Waals surface area contributed by atoms with Crippen LogP contribution in [-0.4, -0.2) is 52.9 Å². The number of aromatic nitrogens is 2. The van der Waals surface area contributed by atoms with E-state index in [4.69, 9.17) is 23.7 Å². The Balaban J connectivity index is 1.58. The van der Waals surface area contributed by atoms with E-state index >= 15 is 0 Å². The Labute approximate surface area is 260 Å². The van der Waals surface area contributed by atoms with Gasteiger partial charge in [0.05, 0.1) is 26.1 Å². The minimum Gasteiger partial charge on any atom is -0.497 e. The monoisotopic (exact) mass is 614 g/mol. The summed E-state index contributed by atoms with van der Waals surface area (Å²) in [4.78, 5) is 24.4. The van der Waals surface area contributed by atoms with Crippen LogP contribution in [0.2, 0.25) is 0 Å². The molecular formula is C34H34N2O9. The molecule has 0 saturated heterocycles. The summed E-state index contributed by atoms with van der Waals surface area (Å²) in [5.74, 6) is 0.173. The molecule has 0 unspecified atom stereocenters. The fraction of sp³-hybridized carbons (Fsp3) is 0.265. The molecule has 0 radical (unpaired) electrons. The number of aliphatic carboxylic acids is 1. The lowest BCUT2D eigenvalue weighted by Gasteiger charge is -2.16. The van der Waals surface area contributed by atoms with E-state index in [9.17, 15) is 19.8 Å². The maximum absolute atomic E-state index is 12.6. The Kier molecular flexibility index (Phi) is 9.57. The van der Waals surface area contributed by atoms with Gasteiger partial charge in [-0.1, -0.05) is 25.5 Å². The normalized spacial score (nSPS) is 12.2. The van der Waals surface area contributed by atoms with Gasteiger partial charge < -0.3 is 33.9 Å². The first-order valence-corrected chi connectivity index (χ1v) is 14.4. The molecule has 2 heterocycles. The number of para-hydroxylation sites is 1. The molecule has 234 valence electrons. The first-order chi connectivity index (χ1) is 21.8. The molecule has 5 rings (SSSR count). The number of carboxylic acids is 2. The van der Waals surface area contributed by atoms with Gasteiger partial charge in [0.1, 0.15) is 29.4 Å². The average molecular weight is 615 g/mol. The quantitative estimate of drug-likeness (QED) is 0.161. The number of benzene rings is 3. The standard InChI is InChI=1S/C34H34N2O9/c1-4-5-12-36-32(26-11-10-25(41-2)15-24(26)19-43-28-9-7-6-8-27(28)34(39)40)23(18-35-36)14-22(33(37)38)13-21-16-30-31(45-20-44-30)17-29(21)42-3/h6-11,14-18H,4-5,12-13,19-20H2,1-3H3,(H,37,38)(H,39,40). The highest BCUT2D eigenvalue weighted by Crippen LogP contribution is 2.39. The van der Waals surface area contributed by atoms with Gasteiger partial charge >= 0.3 is 11.9 Å². The summed E-state index contributed by atoms with van der Waals surface area (Å²) in [5, 5.41) is 24.6. The number of rotatable bonds is 14. The van der Waals surface area contributed by atoms with Crippen molar-refractivity contribution >= 4 is 18.0 Å². The van der Waals surface area contributed by atoms with Crippen LogP contribution < -0.4 is 23.7 Å². The molecular weight excluding hydrogens is 580 g/mol. The van der Waals surface area contributed by atoms with Crippen LogP contribution in [0.5, 0.6) is 28.7 Å². The summed E-state index contributed by atoms with van der Waals surface area (Å²) >= 11 is 0. The summed E-state index contributed by atoms with van der Waals surface area (Å²) in [7, 11) is 3.08. The number of fused-ring (bicyclic) bond motifs is 1. The summed E-state index contributed by atoms with van der Waals surface area (Å²) < 4.78 is 29.9. The maximum Gasteiger partial charge on any atom is 0.339 e. The molecule has 2 N–H and O–H groups in total. The van der Waals surface area contributed by atoms with Crippen LogP contribution in [0, 0.1) is 0 Å². The number of carbonyl (C=O) groups is 2. The first-order valence-electron chi connectivity index (χ1n) is 14.4. The SMILES string of the molecule is CCCCn1ncc(C=C(Cc2cc3c(cc2OC)OCO3)C(=O)O)c1-c1ccc(OC)cc1COc1ccccc1C(=O)O. The van der Waals surface area contributed by atoms with Crippen molar-refractivity contribution in [2.75, 3.05) is 21.0 Å². The van der Waals surface area contributed by atoms with E-state index in [-0.39, 0.29) is 36.7 Å². The molecule has 1 aliphatic heterocycles. The van der Waals surface area contributed by atoms with Crippen LogP contribution in [-0.2, 0) is 24.4 Å². The number of methoxy groups -OCH3 is 2. The third kappa shape index (κ3) is 6.87. The number of hydrogen-bond acceptors (Lipinski definition) is 8. The lowest BCUT2D eigenvalue weighted by molar-refractivity contribution is -0.132. The van der Waals surface area contributed by atoms with Gasteiger partial charge in [0, 0.05) is 46.9 Å². The highest BCUT2D eigenvalue weighted by Gasteiger charge is 2.22. The largest absolute Gasteiger partial charge is 0.497 e. The number of ether oxygens (including phenoxy) is 5. The second-order valence-corrected chi connectivity index (χ2v) is 10.3. The van der Waals surface area contributed by atoms with Gasteiger partial charge in [0.25, 0.3) is 0 Å². The van der Waals surface area contributed by atoms with Crippen molar-refractivity contribution in [3.63, 3.8) is 0 Å².